The predicted octanol–water partition coefficient (Wildman–Crippen LogP) is 5.58. The Morgan fingerprint density at radius 3 is 2.72 bits per heavy atom. The number of nitrogens with one attached hydrogen (secondary N) is 1. The smallest absolute Gasteiger partial charge is 0.140 e. The molecule has 1 N–H and O–H groups in total. The molecule has 1 saturated carbocycles. The lowest BCUT2D eigenvalue weighted by atomic mass is 9.84. The molecule has 1 aliphatic rings. The zero-order valence-corrected chi connectivity index (χ0v) is 14.9. The van der Waals surface area contributed by atoms with Crippen molar-refractivity contribution < 1.29 is 4.79 Å². The van der Waals surface area contributed by atoms with Crippen LogP contribution in [-0.4, -0.2) is 15.8 Å². The monoisotopic (exact) mass is 352 g/mol. The molecule has 1 aliphatic carbocycles. The number of hydrogen-bond acceptors (Lipinski definition) is 2. The summed E-state index contributed by atoms with van der Waals surface area (Å²) in [5.41, 5.74) is 3.76. The molecule has 25 heavy (non-hydrogen) atoms. The lowest BCUT2D eigenvalue weighted by Crippen LogP contribution is -2.19. The Balaban J connectivity index is 1.60. The minimum Gasteiger partial charge on any atom is -0.338 e. The van der Waals surface area contributed by atoms with Crippen LogP contribution in [-0.2, 0) is 11.2 Å². The summed E-state index contributed by atoms with van der Waals surface area (Å²) in [4.78, 5) is 20.5. The number of para-hydroxylation sites is 2. The van der Waals surface area contributed by atoms with Gasteiger partial charge in [0.1, 0.15) is 11.6 Å². The van der Waals surface area contributed by atoms with Crippen LogP contribution in [0.2, 0.25) is 5.02 Å². The van der Waals surface area contributed by atoms with E-state index in [1.165, 1.54) is 19.3 Å². The molecule has 0 unspecified atom stereocenters. The van der Waals surface area contributed by atoms with Gasteiger partial charge in [0.15, 0.2) is 0 Å². The van der Waals surface area contributed by atoms with Crippen LogP contribution in [0.5, 0.6) is 0 Å². The van der Waals surface area contributed by atoms with Gasteiger partial charge in [-0.2, -0.15) is 0 Å². The lowest BCUT2D eigenvalue weighted by molar-refractivity contribution is -0.123. The second-order valence-corrected chi connectivity index (χ2v) is 7.30. The summed E-state index contributed by atoms with van der Waals surface area (Å²) < 4.78 is 0. The van der Waals surface area contributed by atoms with Crippen molar-refractivity contribution in [1.29, 1.82) is 0 Å². The third-order valence-electron chi connectivity index (χ3n) is 5.11. The van der Waals surface area contributed by atoms with Gasteiger partial charge in [-0.25, -0.2) is 4.98 Å². The Morgan fingerprint density at radius 2 is 1.92 bits per heavy atom. The maximum absolute atomic E-state index is 12.6. The van der Waals surface area contributed by atoms with Gasteiger partial charge < -0.3 is 4.98 Å². The first-order valence-corrected chi connectivity index (χ1v) is 9.35. The largest absolute Gasteiger partial charge is 0.338 e. The minimum atomic E-state index is 0.235. The van der Waals surface area contributed by atoms with E-state index in [0.717, 1.165) is 40.8 Å². The molecule has 1 heterocycles. The zero-order valence-electron chi connectivity index (χ0n) is 14.1. The number of imidazole rings is 1. The van der Waals surface area contributed by atoms with Crippen molar-refractivity contribution in [3.63, 3.8) is 0 Å². The molecule has 4 heteroatoms. The molecule has 0 radical (unpaired) electrons. The van der Waals surface area contributed by atoms with Gasteiger partial charge in [0.2, 0.25) is 0 Å². The molecule has 3 nitrogen and oxygen atoms in total. The summed E-state index contributed by atoms with van der Waals surface area (Å²) in [6.07, 6.45) is 6.20. The molecule has 0 bridgehead atoms. The van der Waals surface area contributed by atoms with Crippen LogP contribution in [0.3, 0.4) is 0 Å². The summed E-state index contributed by atoms with van der Waals surface area (Å²) in [5.74, 6) is 1.34. The number of hydrogen-bond donors (Lipinski definition) is 1. The van der Waals surface area contributed by atoms with Crippen molar-refractivity contribution in [2.75, 3.05) is 0 Å². The van der Waals surface area contributed by atoms with Crippen molar-refractivity contribution in [3.05, 3.63) is 53.1 Å². The molecule has 0 aliphatic heterocycles. The minimum absolute atomic E-state index is 0.235. The number of Topliss-reactive ketones (excluding diaryl/α,β-unsaturated/α-hetero) is 1. The van der Waals surface area contributed by atoms with Crippen LogP contribution in [0.25, 0.3) is 22.4 Å². The Hall–Kier alpha value is -2.13. The van der Waals surface area contributed by atoms with Gasteiger partial charge in [0, 0.05) is 17.9 Å². The quantitative estimate of drug-likeness (QED) is 0.666. The van der Waals surface area contributed by atoms with E-state index in [0.29, 0.717) is 17.2 Å². The Labute approximate surface area is 152 Å². The number of rotatable bonds is 4. The molecular formula is C21H21ClN2O. The fraction of sp³-hybridized carbons (Fsp3) is 0.333. The van der Waals surface area contributed by atoms with Crippen molar-refractivity contribution in [3.8, 4) is 11.4 Å². The number of aromatic nitrogens is 2. The highest BCUT2D eigenvalue weighted by Gasteiger charge is 2.21. The SMILES string of the molecule is O=C(Cc1ccc(Cl)c(-c2nc3ccccc3[nH]2)c1)C1CCCCC1. The fourth-order valence-electron chi connectivity index (χ4n) is 3.71. The third kappa shape index (κ3) is 3.47. The molecule has 3 aromatic rings. The van der Waals surface area contributed by atoms with Gasteiger partial charge in [-0.15, -0.1) is 0 Å². The van der Waals surface area contributed by atoms with Crippen LogP contribution in [0, 0.1) is 5.92 Å². The topological polar surface area (TPSA) is 45.8 Å². The summed E-state index contributed by atoms with van der Waals surface area (Å²) in [6, 6.07) is 13.7. The second-order valence-electron chi connectivity index (χ2n) is 6.89. The summed E-state index contributed by atoms with van der Waals surface area (Å²) >= 11 is 6.40. The van der Waals surface area contributed by atoms with Gasteiger partial charge in [-0.1, -0.05) is 49.1 Å². The Bertz CT molecular complexity index is 876. The van der Waals surface area contributed by atoms with Crippen LogP contribution in [0.15, 0.2) is 42.5 Å². The Morgan fingerprint density at radius 1 is 1.12 bits per heavy atom. The van der Waals surface area contributed by atoms with Gasteiger partial charge >= 0.3 is 0 Å². The highest BCUT2D eigenvalue weighted by Crippen LogP contribution is 2.30. The zero-order chi connectivity index (χ0) is 17.2. The molecule has 0 spiro atoms. The summed E-state index contributed by atoms with van der Waals surface area (Å²) in [5, 5.41) is 0.646. The summed E-state index contributed by atoms with van der Waals surface area (Å²) in [6.45, 7) is 0. The average Bonchev–Trinajstić information content (AvgIpc) is 3.08. The van der Waals surface area contributed by atoms with E-state index in [1.807, 2.05) is 42.5 Å². The van der Waals surface area contributed by atoms with Crippen LogP contribution in [0.1, 0.15) is 37.7 Å². The number of halogens is 1. The van der Waals surface area contributed by atoms with E-state index >= 15 is 0 Å². The van der Waals surface area contributed by atoms with Crippen molar-refractivity contribution >= 4 is 28.4 Å². The number of benzene rings is 2. The average molecular weight is 353 g/mol. The number of nitrogens with zero attached hydrogens (tertiary/aromatic N) is 1. The first-order chi connectivity index (χ1) is 12.2. The maximum Gasteiger partial charge on any atom is 0.140 e. The number of ketones is 1. The van der Waals surface area contributed by atoms with Crippen molar-refractivity contribution in [2.24, 2.45) is 5.92 Å². The van der Waals surface area contributed by atoms with E-state index in [4.69, 9.17) is 11.6 Å². The molecule has 1 fully saturated rings. The van der Waals surface area contributed by atoms with Gasteiger partial charge in [0.05, 0.1) is 16.1 Å². The number of fused-ring (bicyclic) bond motifs is 1. The van der Waals surface area contributed by atoms with Crippen LogP contribution in [0.4, 0.5) is 0 Å². The highest BCUT2D eigenvalue weighted by molar-refractivity contribution is 6.33. The number of carbonyl (C=O) groups is 1. The lowest BCUT2D eigenvalue weighted by Gasteiger charge is -2.20. The Kier molecular flexibility index (Phi) is 4.58. The van der Waals surface area contributed by atoms with Gasteiger partial charge in [0.25, 0.3) is 0 Å². The van der Waals surface area contributed by atoms with Crippen LogP contribution >= 0.6 is 11.6 Å². The summed E-state index contributed by atoms with van der Waals surface area (Å²) in [7, 11) is 0. The molecule has 128 valence electrons. The molecular weight excluding hydrogens is 332 g/mol. The molecule has 0 saturated heterocycles. The maximum atomic E-state index is 12.6. The van der Waals surface area contributed by atoms with E-state index in [9.17, 15) is 4.79 Å². The normalized spacial score (nSPS) is 15.6. The predicted molar refractivity (Wildman–Crippen MR) is 102 cm³/mol. The number of H-pyrrole nitrogens is 1. The van der Waals surface area contributed by atoms with E-state index in [1.54, 1.807) is 0 Å². The van der Waals surface area contributed by atoms with E-state index in [-0.39, 0.29) is 5.92 Å². The third-order valence-corrected chi connectivity index (χ3v) is 5.44. The number of carbonyl (C=O) groups excluding carboxylic acids is 1. The van der Waals surface area contributed by atoms with Gasteiger partial charge in [-0.05, 0) is 42.7 Å². The molecule has 1 aromatic heterocycles. The second kappa shape index (κ2) is 7.01. The van der Waals surface area contributed by atoms with Gasteiger partial charge in [-0.3, -0.25) is 4.79 Å². The van der Waals surface area contributed by atoms with E-state index in [2.05, 4.69) is 9.97 Å². The van der Waals surface area contributed by atoms with Crippen LogP contribution < -0.4 is 0 Å². The fourth-order valence-corrected chi connectivity index (χ4v) is 3.92. The van der Waals surface area contributed by atoms with E-state index < -0.39 is 0 Å². The standard InChI is InChI=1S/C21H21ClN2O/c22-17-11-10-14(13-20(25)15-6-2-1-3-7-15)12-16(17)21-23-18-8-4-5-9-19(18)24-21/h4-5,8-12,15H,1-3,6-7,13H2,(H,23,24). The molecule has 2 aromatic carbocycles. The molecule has 0 atom stereocenters. The first kappa shape index (κ1) is 16.3. The molecule has 0 amide bonds. The highest BCUT2D eigenvalue weighted by atomic mass is 35.5. The van der Waals surface area contributed by atoms with Crippen molar-refractivity contribution in [1.82, 2.24) is 9.97 Å². The van der Waals surface area contributed by atoms with Crippen molar-refractivity contribution in [2.45, 2.75) is 38.5 Å². The molecule has 4 rings (SSSR count). The first-order valence-electron chi connectivity index (χ1n) is 8.97. The number of aromatic amines is 1.